The Hall–Kier alpha value is -3.81. The van der Waals surface area contributed by atoms with E-state index in [0.29, 0.717) is 11.5 Å². The van der Waals surface area contributed by atoms with Gasteiger partial charge in [0.15, 0.2) is 17.3 Å². The first kappa shape index (κ1) is 19.9. The number of carboxylic acids is 1. The predicted octanol–water partition coefficient (Wildman–Crippen LogP) is 2.82. The molecule has 0 aliphatic carbocycles. The van der Waals surface area contributed by atoms with Gasteiger partial charge in [0.1, 0.15) is 6.04 Å². The van der Waals surface area contributed by atoms with Gasteiger partial charge in [0.2, 0.25) is 5.91 Å². The second-order valence-electron chi connectivity index (χ2n) is 6.30. The fraction of sp³-hybridized carbons (Fsp3) is 0.190. The van der Waals surface area contributed by atoms with E-state index >= 15 is 0 Å². The lowest BCUT2D eigenvalue weighted by Crippen LogP contribution is -2.46. The van der Waals surface area contributed by atoms with Crippen molar-refractivity contribution in [2.45, 2.75) is 25.4 Å². The van der Waals surface area contributed by atoms with Crippen LogP contribution in [0.1, 0.15) is 29.0 Å². The van der Waals surface area contributed by atoms with Crippen LogP contribution in [0.15, 0.2) is 69.7 Å². The zero-order chi connectivity index (χ0) is 20.6. The molecule has 8 heteroatoms. The normalized spacial score (nSPS) is 11.6. The van der Waals surface area contributed by atoms with Gasteiger partial charge in [-0.25, -0.2) is 0 Å². The number of carbonyl (C=O) groups excluding carboxylic acids is 2. The second-order valence-corrected chi connectivity index (χ2v) is 6.30. The SMILES string of the molecule is O=C(O)CC[C@H](NC(=O)c1ccc(-c2ccco2)o1)C(=O)NCc1ccccc1. The van der Waals surface area contributed by atoms with E-state index in [1.807, 2.05) is 30.3 Å². The van der Waals surface area contributed by atoms with Crippen LogP contribution in [-0.4, -0.2) is 28.9 Å². The topological polar surface area (TPSA) is 122 Å². The number of benzene rings is 1. The molecular weight excluding hydrogens is 376 g/mol. The maximum atomic E-state index is 12.5. The van der Waals surface area contributed by atoms with E-state index in [9.17, 15) is 14.4 Å². The molecule has 3 N–H and O–H groups in total. The van der Waals surface area contributed by atoms with Gasteiger partial charge in [0.25, 0.3) is 5.91 Å². The van der Waals surface area contributed by atoms with Gasteiger partial charge in [0.05, 0.1) is 6.26 Å². The number of hydrogen-bond donors (Lipinski definition) is 3. The largest absolute Gasteiger partial charge is 0.481 e. The highest BCUT2D eigenvalue weighted by Gasteiger charge is 2.24. The van der Waals surface area contributed by atoms with Crippen LogP contribution in [0.2, 0.25) is 0 Å². The number of aliphatic carboxylic acids is 1. The van der Waals surface area contributed by atoms with Crippen LogP contribution >= 0.6 is 0 Å². The van der Waals surface area contributed by atoms with Gasteiger partial charge in [-0.3, -0.25) is 14.4 Å². The Morgan fingerprint density at radius 3 is 2.45 bits per heavy atom. The Kier molecular flexibility index (Phi) is 6.47. The summed E-state index contributed by atoms with van der Waals surface area (Å²) in [6.07, 6.45) is 1.17. The summed E-state index contributed by atoms with van der Waals surface area (Å²) in [5.41, 5.74) is 0.887. The Balaban J connectivity index is 1.65. The van der Waals surface area contributed by atoms with Gasteiger partial charge in [0, 0.05) is 13.0 Å². The van der Waals surface area contributed by atoms with Crippen molar-refractivity contribution in [1.82, 2.24) is 10.6 Å². The van der Waals surface area contributed by atoms with E-state index in [2.05, 4.69) is 10.6 Å². The second kappa shape index (κ2) is 9.41. The molecule has 1 atom stereocenters. The van der Waals surface area contributed by atoms with E-state index < -0.39 is 23.8 Å². The van der Waals surface area contributed by atoms with Gasteiger partial charge in [-0.15, -0.1) is 0 Å². The first-order valence-electron chi connectivity index (χ1n) is 9.01. The molecule has 3 aromatic rings. The van der Waals surface area contributed by atoms with Crippen LogP contribution in [0.5, 0.6) is 0 Å². The van der Waals surface area contributed by atoms with Crippen molar-refractivity contribution in [1.29, 1.82) is 0 Å². The lowest BCUT2D eigenvalue weighted by Gasteiger charge is -2.17. The van der Waals surface area contributed by atoms with Gasteiger partial charge >= 0.3 is 5.97 Å². The molecule has 0 unspecified atom stereocenters. The molecule has 0 bridgehead atoms. The molecule has 2 aromatic heterocycles. The fourth-order valence-corrected chi connectivity index (χ4v) is 2.69. The number of hydrogen-bond acceptors (Lipinski definition) is 5. The van der Waals surface area contributed by atoms with Crippen LogP contribution in [0.4, 0.5) is 0 Å². The molecule has 0 saturated carbocycles. The minimum absolute atomic E-state index is 0.00687. The minimum Gasteiger partial charge on any atom is -0.481 e. The van der Waals surface area contributed by atoms with Crippen molar-refractivity contribution in [2.24, 2.45) is 0 Å². The zero-order valence-electron chi connectivity index (χ0n) is 15.5. The summed E-state index contributed by atoms with van der Waals surface area (Å²) in [6.45, 7) is 0.266. The molecule has 2 amide bonds. The quantitative estimate of drug-likeness (QED) is 0.511. The van der Waals surface area contributed by atoms with Crippen molar-refractivity contribution in [2.75, 3.05) is 0 Å². The van der Waals surface area contributed by atoms with E-state index in [1.54, 1.807) is 18.2 Å². The van der Waals surface area contributed by atoms with Crippen molar-refractivity contribution in [3.63, 3.8) is 0 Å². The molecule has 2 heterocycles. The van der Waals surface area contributed by atoms with Crippen molar-refractivity contribution < 1.29 is 28.3 Å². The third-order valence-electron chi connectivity index (χ3n) is 4.17. The summed E-state index contributed by atoms with van der Waals surface area (Å²) in [4.78, 5) is 35.9. The van der Waals surface area contributed by atoms with E-state index in [0.717, 1.165) is 5.56 Å². The number of carboxylic acid groups (broad SMARTS) is 1. The molecule has 0 aliphatic rings. The molecule has 0 saturated heterocycles. The summed E-state index contributed by atoms with van der Waals surface area (Å²) < 4.78 is 10.7. The number of rotatable bonds is 9. The molecule has 1 aromatic carbocycles. The lowest BCUT2D eigenvalue weighted by atomic mass is 10.1. The first-order chi connectivity index (χ1) is 14.0. The molecule has 29 heavy (non-hydrogen) atoms. The van der Waals surface area contributed by atoms with Crippen molar-refractivity contribution in [3.05, 3.63) is 72.2 Å². The molecular formula is C21H20N2O6. The minimum atomic E-state index is -1.06. The lowest BCUT2D eigenvalue weighted by molar-refractivity contribution is -0.137. The maximum Gasteiger partial charge on any atom is 0.303 e. The standard InChI is InChI=1S/C21H20N2O6/c24-19(25)11-8-15(20(26)22-13-14-5-2-1-3-6-14)23-21(27)18-10-9-17(29-18)16-7-4-12-28-16/h1-7,9-10,12,15H,8,11,13H2,(H,22,26)(H,23,27)(H,24,25)/t15-/m0/s1. The van der Waals surface area contributed by atoms with Gasteiger partial charge < -0.3 is 24.6 Å². The van der Waals surface area contributed by atoms with Crippen LogP contribution < -0.4 is 10.6 Å². The molecule has 8 nitrogen and oxygen atoms in total. The number of amides is 2. The van der Waals surface area contributed by atoms with Crippen LogP contribution in [0.25, 0.3) is 11.5 Å². The highest BCUT2D eigenvalue weighted by Crippen LogP contribution is 2.22. The monoisotopic (exact) mass is 396 g/mol. The van der Waals surface area contributed by atoms with Crippen LogP contribution in [0.3, 0.4) is 0 Å². The van der Waals surface area contributed by atoms with Crippen molar-refractivity contribution >= 4 is 17.8 Å². The summed E-state index contributed by atoms with van der Waals surface area (Å²) in [5.74, 6) is -1.32. The van der Waals surface area contributed by atoms with E-state index in [4.69, 9.17) is 13.9 Å². The molecule has 0 radical (unpaired) electrons. The Bertz CT molecular complexity index is 962. The highest BCUT2D eigenvalue weighted by molar-refractivity contribution is 5.96. The van der Waals surface area contributed by atoms with E-state index in [-0.39, 0.29) is 25.1 Å². The smallest absolute Gasteiger partial charge is 0.303 e. The summed E-state index contributed by atoms with van der Waals surface area (Å²) in [5, 5.41) is 14.2. The molecule has 150 valence electrons. The third kappa shape index (κ3) is 5.58. The van der Waals surface area contributed by atoms with Gasteiger partial charge in [-0.05, 0) is 36.2 Å². The summed E-state index contributed by atoms with van der Waals surface area (Å²) in [7, 11) is 0. The number of furan rings is 2. The average molecular weight is 396 g/mol. The van der Waals surface area contributed by atoms with Gasteiger partial charge in [-0.1, -0.05) is 30.3 Å². The Morgan fingerprint density at radius 2 is 1.76 bits per heavy atom. The number of carbonyl (C=O) groups is 3. The molecule has 0 spiro atoms. The zero-order valence-corrected chi connectivity index (χ0v) is 15.5. The van der Waals surface area contributed by atoms with Crippen LogP contribution in [0, 0.1) is 0 Å². The highest BCUT2D eigenvalue weighted by atomic mass is 16.4. The predicted molar refractivity (Wildman–Crippen MR) is 103 cm³/mol. The maximum absolute atomic E-state index is 12.5. The van der Waals surface area contributed by atoms with Crippen molar-refractivity contribution in [3.8, 4) is 11.5 Å². The fourth-order valence-electron chi connectivity index (χ4n) is 2.69. The summed E-state index contributed by atoms with van der Waals surface area (Å²) >= 11 is 0. The Morgan fingerprint density at radius 1 is 0.966 bits per heavy atom. The third-order valence-corrected chi connectivity index (χ3v) is 4.17. The molecule has 0 aliphatic heterocycles. The molecule has 3 rings (SSSR count). The first-order valence-corrected chi connectivity index (χ1v) is 9.01. The number of nitrogens with one attached hydrogen (secondary N) is 2. The average Bonchev–Trinajstić information content (AvgIpc) is 3.41. The van der Waals surface area contributed by atoms with Gasteiger partial charge in [-0.2, -0.15) is 0 Å². The molecule has 0 fully saturated rings. The Labute approximate surface area is 166 Å². The summed E-state index contributed by atoms with van der Waals surface area (Å²) in [6, 6.07) is 14.7. The van der Waals surface area contributed by atoms with Crippen LogP contribution in [-0.2, 0) is 16.1 Å². The van der Waals surface area contributed by atoms with E-state index in [1.165, 1.54) is 12.3 Å².